The van der Waals surface area contributed by atoms with Crippen molar-refractivity contribution in [1.82, 2.24) is 20.4 Å². The van der Waals surface area contributed by atoms with E-state index < -0.39 is 0 Å². The summed E-state index contributed by atoms with van der Waals surface area (Å²) in [4.78, 5) is 14.4. The third-order valence-corrected chi connectivity index (χ3v) is 4.69. The Labute approximate surface area is 141 Å². The zero-order chi connectivity index (χ0) is 17.1. The Morgan fingerprint density at radius 2 is 2.29 bits per heavy atom. The van der Waals surface area contributed by atoms with Crippen molar-refractivity contribution < 1.29 is 14.3 Å². The van der Waals surface area contributed by atoms with E-state index in [2.05, 4.69) is 20.8 Å². The molecular weight excluding hydrogens is 310 g/mol. The fourth-order valence-corrected chi connectivity index (χ4v) is 3.29. The van der Waals surface area contributed by atoms with Crippen LogP contribution in [-0.4, -0.2) is 66.7 Å². The number of hydrogen-bond donors (Lipinski definition) is 2. The molecule has 132 valence electrons. The van der Waals surface area contributed by atoms with Crippen LogP contribution in [-0.2, 0) is 22.4 Å². The van der Waals surface area contributed by atoms with E-state index in [1.54, 1.807) is 14.2 Å². The van der Waals surface area contributed by atoms with Gasteiger partial charge in [-0.25, -0.2) is 4.79 Å². The lowest BCUT2D eigenvalue weighted by Crippen LogP contribution is -2.62. The number of carbonyl (C=O) groups excluding carboxylic acids is 1. The number of nitrogens with zero attached hydrogens (tertiary/aromatic N) is 3. The molecule has 1 aliphatic carbocycles. The minimum atomic E-state index is -0.0762. The maximum atomic E-state index is 12.6. The van der Waals surface area contributed by atoms with Crippen LogP contribution in [0.4, 0.5) is 10.6 Å². The molecule has 0 spiro atoms. The van der Waals surface area contributed by atoms with Gasteiger partial charge in [-0.3, -0.25) is 0 Å². The average Bonchev–Trinajstić information content (AvgIpc) is 2.59. The zero-order valence-electron chi connectivity index (χ0n) is 14.4. The maximum Gasteiger partial charge on any atom is 0.318 e. The van der Waals surface area contributed by atoms with Crippen molar-refractivity contribution in [1.29, 1.82) is 0 Å². The first-order valence-electron chi connectivity index (χ1n) is 8.39. The number of fused-ring (bicyclic) bond motifs is 1. The van der Waals surface area contributed by atoms with Crippen LogP contribution in [0.2, 0.25) is 0 Å². The normalized spacial score (nSPS) is 25.6. The van der Waals surface area contributed by atoms with E-state index in [-0.39, 0.29) is 24.3 Å². The molecule has 8 heteroatoms. The van der Waals surface area contributed by atoms with Gasteiger partial charge in [-0.2, -0.15) is 5.10 Å². The van der Waals surface area contributed by atoms with E-state index in [4.69, 9.17) is 9.47 Å². The van der Waals surface area contributed by atoms with E-state index >= 15 is 0 Å². The second-order valence-corrected chi connectivity index (χ2v) is 6.11. The summed E-state index contributed by atoms with van der Waals surface area (Å²) in [5.41, 5.74) is 2.01. The summed E-state index contributed by atoms with van der Waals surface area (Å²) >= 11 is 0. The van der Waals surface area contributed by atoms with E-state index in [1.165, 1.54) is 0 Å². The van der Waals surface area contributed by atoms with Crippen LogP contribution >= 0.6 is 0 Å². The number of amides is 2. The minimum Gasteiger partial charge on any atom is -0.377 e. The molecule has 8 nitrogen and oxygen atoms in total. The van der Waals surface area contributed by atoms with E-state index in [0.717, 1.165) is 24.1 Å². The van der Waals surface area contributed by atoms with Gasteiger partial charge in [0.25, 0.3) is 0 Å². The summed E-state index contributed by atoms with van der Waals surface area (Å²) in [6, 6.07) is 1.89. The number of hydrogen-bond acceptors (Lipinski definition) is 6. The predicted octanol–water partition coefficient (Wildman–Crippen LogP) is 0.778. The van der Waals surface area contributed by atoms with Crippen LogP contribution in [0.3, 0.4) is 0 Å². The smallest absolute Gasteiger partial charge is 0.318 e. The summed E-state index contributed by atoms with van der Waals surface area (Å²) in [5.74, 6) is 0.717. The third kappa shape index (κ3) is 3.29. The number of nitrogens with one attached hydrogen (secondary N) is 2. The Kier molecular flexibility index (Phi) is 5.15. The second kappa shape index (κ2) is 7.31. The fourth-order valence-electron chi connectivity index (χ4n) is 3.29. The molecule has 1 fully saturated rings. The monoisotopic (exact) mass is 335 g/mol. The van der Waals surface area contributed by atoms with Crippen molar-refractivity contribution in [2.24, 2.45) is 0 Å². The summed E-state index contributed by atoms with van der Waals surface area (Å²) in [6.07, 6.45) is 1.51. The van der Waals surface area contributed by atoms with Crippen LogP contribution in [0.5, 0.6) is 0 Å². The van der Waals surface area contributed by atoms with Gasteiger partial charge in [-0.1, -0.05) is 0 Å². The predicted molar refractivity (Wildman–Crippen MR) is 88.8 cm³/mol. The first-order chi connectivity index (χ1) is 11.7. The number of carbonyl (C=O) groups is 1. The van der Waals surface area contributed by atoms with Crippen LogP contribution < -0.4 is 10.6 Å². The molecule has 0 radical (unpaired) electrons. The molecule has 1 saturated carbocycles. The van der Waals surface area contributed by atoms with Crippen molar-refractivity contribution >= 4 is 11.8 Å². The van der Waals surface area contributed by atoms with Crippen molar-refractivity contribution in [2.75, 3.05) is 32.6 Å². The van der Waals surface area contributed by atoms with Gasteiger partial charge in [-0.15, -0.1) is 5.10 Å². The van der Waals surface area contributed by atoms with Gasteiger partial charge in [0, 0.05) is 40.3 Å². The van der Waals surface area contributed by atoms with Crippen LogP contribution in [0, 0.1) is 0 Å². The second-order valence-electron chi connectivity index (χ2n) is 6.11. The molecule has 0 aromatic carbocycles. The molecule has 3 unspecified atom stereocenters. The van der Waals surface area contributed by atoms with Gasteiger partial charge in [0.2, 0.25) is 0 Å². The lowest BCUT2D eigenvalue weighted by atomic mass is 9.85. The Morgan fingerprint density at radius 1 is 1.46 bits per heavy atom. The average molecular weight is 335 g/mol. The first kappa shape index (κ1) is 16.9. The maximum absolute atomic E-state index is 12.6. The molecule has 0 saturated heterocycles. The van der Waals surface area contributed by atoms with Gasteiger partial charge in [0.15, 0.2) is 0 Å². The number of ether oxygens (including phenoxy) is 2. The van der Waals surface area contributed by atoms with Crippen LogP contribution in [0.15, 0.2) is 6.07 Å². The number of aromatic nitrogens is 2. The molecule has 1 aromatic rings. The Bertz CT molecular complexity index is 597. The van der Waals surface area contributed by atoms with Gasteiger partial charge in [-0.05, 0) is 25.0 Å². The molecule has 0 bridgehead atoms. The van der Waals surface area contributed by atoms with E-state index in [9.17, 15) is 4.79 Å². The Hall–Kier alpha value is -1.93. The highest BCUT2D eigenvalue weighted by Crippen LogP contribution is 2.27. The molecule has 2 amide bonds. The molecule has 1 aromatic heterocycles. The molecule has 1 aliphatic heterocycles. The Morgan fingerprint density at radius 3 is 3.00 bits per heavy atom. The topological polar surface area (TPSA) is 88.6 Å². The van der Waals surface area contributed by atoms with Crippen molar-refractivity contribution in [3.8, 4) is 0 Å². The Balaban J connectivity index is 1.58. The van der Waals surface area contributed by atoms with E-state index in [0.29, 0.717) is 25.5 Å². The van der Waals surface area contributed by atoms with Crippen molar-refractivity contribution in [2.45, 2.75) is 44.6 Å². The largest absolute Gasteiger partial charge is 0.377 e. The number of methoxy groups -OCH3 is 1. The molecule has 3 rings (SSSR count). The van der Waals surface area contributed by atoms with Gasteiger partial charge >= 0.3 is 6.03 Å². The zero-order valence-corrected chi connectivity index (χ0v) is 14.4. The number of urea groups is 1. The summed E-state index contributed by atoms with van der Waals surface area (Å²) in [6.45, 7) is 3.81. The summed E-state index contributed by atoms with van der Waals surface area (Å²) in [7, 11) is 3.46. The molecule has 2 aliphatic rings. The molecular formula is C16H25N5O3. The number of rotatable bonds is 5. The van der Waals surface area contributed by atoms with Crippen molar-refractivity contribution in [3.05, 3.63) is 17.3 Å². The lowest BCUT2D eigenvalue weighted by Gasteiger charge is -2.44. The summed E-state index contributed by atoms with van der Waals surface area (Å²) in [5, 5.41) is 14.4. The van der Waals surface area contributed by atoms with Gasteiger partial charge in [0.1, 0.15) is 11.9 Å². The SMILES string of the molecule is CCOC1CC(NC(=O)N2CCc3nnc(NC)cc3C2)C1OC. The number of anilines is 1. The first-order valence-corrected chi connectivity index (χ1v) is 8.39. The van der Waals surface area contributed by atoms with Gasteiger partial charge in [0.05, 0.1) is 17.8 Å². The lowest BCUT2D eigenvalue weighted by molar-refractivity contribution is -0.128. The van der Waals surface area contributed by atoms with Crippen LogP contribution in [0.25, 0.3) is 0 Å². The molecule has 2 heterocycles. The van der Waals surface area contributed by atoms with Crippen molar-refractivity contribution in [3.63, 3.8) is 0 Å². The highest BCUT2D eigenvalue weighted by Gasteiger charge is 2.43. The standard InChI is InChI=1S/C16H25N5O3/c1-4-24-13-8-12(15(13)23-3)18-16(22)21-6-5-11-10(9-21)7-14(17-2)20-19-11/h7,12-13,15H,4-6,8-9H2,1-3H3,(H,17,20)(H,18,22). The molecule has 2 N–H and O–H groups in total. The molecule has 3 atom stereocenters. The molecule has 24 heavy (non-hydrogen) atoms. The van der Waals surface area contributed by atoms with E-state index in [1.807, 2.05) is 17.9 Å². The third-order valence-electron chi connectivity index (χ3n) is 4.69. The fraction of sp³-hybridized carbons (Fsp3) is 0.688. The minimum absolute atomic E-state index is 0.00359. The van der Waals surface area contributed by atoms with Gasteiger partial charge < -0.3 is 25.0 Å². The quantitative estimate of drug-likeness (QED) is 0.827. The highest BCUT2D eigenvalue weighted by atomic mass is 16.5. The highest BCUT2D eigenvalue weighted by molar-refractivity contribution is 5.75. The summed E-state index contributed by atoms with van der Waals surface area (Å²) < 4.78 is 11.1. The van der Waals surface area contributed by atoms with Crippen LogP contribution in [0.1, 0.15) is 24.6 Å².